The van der Waals surface area contributed by atoms with E-state index in [1.54, 1.807) is 0 Å². The monoisotopic (exact) mass is 263 g/mol. The third-order valence-corrected chi connectivity index (χ3v) is 3.75. The molecular formula is C13H26ClNO2. The molecule has 0 aromatic carbocycles. The minimum absolute atomic E-state index is 0.223. The fourth-order valence-corrected chi connectivity index (χ4v) is 2.93. The molecule has 1 aliphatic rings. The average Bonchev–Trinajstić information content (AvgIpc) is 2.20. The van der Waals surface area contributed by atoms with Crippen LogP contribution in [0.25, 0.3) is 0 Å². The molecule has 0 atom stereocenters. The van der Waals surface area contributed by atoms with Crippen molar-refractivity contribution in [2.24, 2.45) is 0 Å². The molecule has 1 aliphatic heterocycles. The zero-order chi connectivity index (χ0) is 13.1. The fraction of sp³-hybridized carbons (Fsp3) is 1.00. The Kier molecular flexibility index (Phi) is 5.26. The molecule has 1 saturated heterocycles. The number of hydrogen-bond acceptors (Lipinski definition) is 3. The third-order valence-electron chi connectivity index (χ3n) is 3.48. The number of hydroxylamine groups is 2. The van der Waals surface area contributed by atoms with Crippen LogP contribution in [0, 0.1) is 0 Å². The highest BCUT2D eigenvalue weighted by atomic mass is 35.5. The molecular weight excluding hydrogens is 238 g/mol. The van der Waals surface area contributed by atoms with Crippen molar-refractivity contribution in [1.82, 2.24) is 5.06 Å². The lowest BCUT2D eigenvalue weighted by atomic mass is 9.80. The lowest BCUT2D eigenvalue weighted by molar-refractivity contribution is -0.261. The molecule has 1 N–H and O–H groups in total. The lowest BCUT2D eigenvalue weighted by Gasteiger charge is -2.51. The van der Waals surface area contributed by atoms with Gasteiger partial charge in [0, 0.05) is 23.6 Å². The van der Waals surface area contributed by atoms with E-state index in [1.165, 1.54) is 5.06 Å². The van der Waals surface area contributed by atoms with Gasteiger partial charge < -0.3 is 9.94 Å². The van der Waals surface area contributed by atoms with Gasteiger partial charge in [-0.25, -0.2) is 0 Å². The van der Waals surface area contributed by atoms with Gasteiger partial charge >= 0.3 is 0 Å². The number of piperidine rings is 1. The van der Waals surface area contributed by atoms with E-state index in [4.69, 9.17) is 16.3 Å². The Morgan fingerprint density at radius 1 is 1.18 bits per heavy atom. The molecule has 1 rings (SSSR count). The van der Waals surface area contributed by atoms with Gasteiger partial charge in [-0.15, -0.1) is 11.6 Å². The van der Waals surface area contributed by atoms with E-state index in [9.17, 15) is 5.21 Å². The van der Waals surface area contributed by atoms with Gasteiger partial charge in [-0.3, -0.25) is 0 Å². The van der Waals surface area contributed by atoms with Crippen molar-refractivity contribution in [2.45, 2.75) is 70.6 Å². The Labute approximate surface area is 110 Å². The average molecular weight is 264 g/mol. The van der Waals surface area contributed by atoms with Crippen molar-refractivity contribution in [3.63, 3.8) is 0 Å². The predicted molar refractivity (Wildman–Crippen MR) is 70.7 cm³/mol. The van der Waals surface area contributed by atoms with Crippen LogP contribution in [0.2, 0.25) is 0 Å². The van der Waals surface area contributed by atoms with Crippen molar-refractivity contribution < 1.29 is 9.94 Å². The number of rotatable bonds is 5. The van der Waals surface area contributed by atoms with Gasteiger partial charge in [-0.2, -0.15) is 5.06 Å². The Bertz CT molecular complexity index is 226. The zero-order valence-electron chi connectivity index (χ0n) is 11.5. The van der Waals surface area contributed by atoms with Gasteiger partial charge in [-0.05, 0) is 53.4 Å². The van der Waals surface area contributed by atoms with Gasteiger partial charge in [-0.1, -0.05) is 0 Å². The van der Waals surface area contributed by atoms with Gasteiger partial charge in [0.2, 0.25) is 0 Å². The Morgan fingerprint density at radius 3 is 2.18 bits per heavy atom. The summed E-state index contributed by atoms with van der Waals surface area (Å²) in [6.07, 6.45) is 4.00. The van der Waals surface area contributed by atoms with Crippen LogP contribution >= 0.6 is 11.6 Å². The van der Waals surface area contributed by atoms with Crippen LogP contribution in [0.5, 0.6) is 0 Å². The van der Waals surface area contributed by atoms with Crippen molar-refractivity contribution in [2.75, 3.05) is 12.5 Å². The summed E-state index contributed by atoms with van der Waals surface area (Å²) >= 11 is 5.64. The standard InChI is InChI=1S/C13H26ClNO2/c1-12(2)9-11(17-8-6-5-7-14)10-13(3,4)15(12)16/h11,16H,5-10H2,1-4H3. The zero-order valence-corrected chi connectivity index (χ0v) is 12.3. The quantitative estimate of drug-likeness (QED) is 0.609. The molecule has 0 spiro atoms. The fourth-order valence-electron chi connectivity index (χ4n) is 2.74. The second-order valence-corrected chi connectivity index (χ2v) is 6.61. The van der Waals surface area contributed by atoms with Crippen LogP contribution < -0.4 is 0 Å². The van der Waals surface area contributed by atoms with E-state index >= 15 is 0 Å². The highest BCUT2D eigenvalue weighted by Crippen LogP contribution is 2.37. The maximum absolute atomic E-state index is 10.2. The highest BCUT2D eigenvalue weighted by Gasteiger charge is 2.45. The summed E-state index contributed by atoms with van der Waals surface area (Å²) in [6.45, 7) is 9.01. The minimum Gasteiger partial charge on any atom is -0.378 e. The molecule has 4 heteroatoms. The molecule has 0 unspecified atom stereocenters. The van der Waals surface area contributed by atoms with Crippen molar-refractivity contribution in [3.8, 4) is 0 Å². The molecule has 1 fully saturated rings. The normalized spacial score (nSPS) is 25.1. The predicted octanol–water partition coefficient (Wildman–Crippen LogP) is 3.43. The first-order valence-corrected chi connectivity index (χ1v) is 7.00. The van der Waals surface area contributed by atoms with E-state index in [0.29, 0.717) is 5.88 Å². The topological polar surface area (TPSA) is 32.7 Å². The van der Waals surface area contributed by atoms with Crippen molar-refractivity contribution >= 4 is 11.6 Å². The van der Waals surface area contributed by atoms with Gasteiger partial charge in [0.15, 0.2) is 0 Å². The molecule has 17 heavy (non-hydrogen) atoms. The molecule has 0 aromatic heterocycles. The van der Waals surface area contributed by atoms with Crippen LogP contribution in [-0.2, 0) is 4.74 Å². The number of unbranched alkanes of at least 4 members (excludes halogenated alkanes) is 1. The summed E-state index contributed by atoms with van der Waals surface area (Å²) in [7, 11) is 0. The van der Waals surface area contributed by atoms with Crippen LogP contribution in [0.15, 0.2) is 0 Å². The van der Waals surface area contributed by atoms with E-state index in [2.05, 4.69) is 27.7 Å². The summed E-state index contributed by atoms with van der Waals surface area (Å²) in [6, 6.07) is 0. The second kappa shape index (κ2) is 5.87. The second-order valence-electron chi connectivity index (χ2n) is 6.23. The molecule has 0 amide bonds. The summed E-state index contributed by atoms with van der Waals surface area (Å²) in [5.41, 5.74) is -0.447. The van der Waals surface area contributed by atoms with Gasteiger partial charge in [0.25, 0.3) is 0 Å². The first-order chi connectivity index (χ1) is 7.79. The number of alkyl halides is 1. The number of halogens is 1. The lowest BCUT2D eigenvalue weighted by Crippen LogP contribution is -2.60. The molecule has 1 heterocycles. The summed E-state index contributed by atoms with van der Waals surface area (Å²) in [5, 5.41) is 11.6. The van der Waals surface area contributed by atoms with E-state index in [0.717, 1.165) is 32.3 Å². The molecule has 102 valence electrons. The highest BCUT2D eigenvalue weighted by molar-refractivity contribution is 6.17. The first-order valence-electron chi connectivity index (χ1n) is 6.46. The molecule has 0 saturated carbocycles. The van der Waals surface area contributed by atoms with Gasteiger partial charge in [0.1, 0.15) is 0 Å². The number of hydrogen-bond donors (Lipinski definition) is 1. The van der Waals surface area contributed by atoms with Crippen molar-refractivity contribution in [1.29, 1.82) is 0 Å². The smallest absolute Gasteiger partial charge is 0.0611 e. The maximum Gasteiger partial charge on any atom is 0.0611 e. The number of nitrogens with zero attached hydrogens (tertiary/aromatic N) is 1. The Balaban J connectivity index is 2.48. The van der Waals surface area contributed by atoms with Crippen LogP contribution in [0.4, 0.5) is 0 Å². The summed E-state index contributed by atoms with van der Waals surface area (Å²) in [4.78, 5) is 0. The largest absolute Gasteiger partial charge is 0.378 e. The number of ether oxygens (including phenoxy) is 1. The van der Waals surface area contributed by atoms with Crippen LogP contribution in [0.3, 0.4) is 0 Å². The molecule has 0 aliphatic carbocycles. The molecule has 0 radical (unpaired) electrons. The summed E-state index contributed by atoms with van der Waals surface area (Å²) in [5.74, 6) is 0.704. The van der Waals surface area contributed by atoms with E-state index in [1.807, 2.05) is 0 Å². The first kappa shape index (κ1) is 15.2. The molecule has 3 nitrogen and oxygen atoms in total. The Hall–Kier alpha value is 0.170. The molecule has 0 aromatic rings. The summed E-state index contributed by atoms with van der Waals surface area (Å²) < 4.78 is 5.91. The van der Waals surface area contributed by atoms with E-state index in [-0.39, 0.29) is 17.2 Å². The van der Waals surface area contributed by atoms with Crippen molar-refractivity contribution in [3.05, 3.63) is 0 Å². The third kappa shape index (κ3) is 4.09. The van der Waals surface area contributed by atoms with E-state index < -0.39 is 0 Å². The SMILES string of the molecule is CC1(C)CC(OCCCCCl)CC(C)(C)N1O. The molecule has 0 bridgehead atoms. The van der Waals surface area contributed by atoms with Gasteiger partial charge in [0.05, 0.1) is 6.10 Å². The van der Waals surface area contributed by atoms with Crippen LogP contribution in [-0.4, -0.2) is 39.9 Å². The minimum atomic E-state index is -0.223. The van der Waals surface area contributed by atoms with Crippen LogP contribution in [0.1, 0.15) is 53.4 Å². The maximum atomic E-state index is 10.2. The Morgan fingerprint density at radius 2 is 1.71 bits per heavy atom.